The monoisotopic (exact) mass is 436 g/mol. The number of unbranched alkanes of at least 4 members (excludes halogenated alkanes) is 1. The zero-order valence-corrected chi connectivity index (χ0v) is 17.5. The number of hydrogen-bond donors (Lipinski definition) is 1. The van der Waals surface area contributed by atoms with Crippen molar-refractivity contribution < 1.29 is 9.59 Å². The second kappa shape index (κ2) is 7.40. The Kier molecular flexibility index (Phi) is 4.94. The molecule has 142 valence electrons. The summed E-state index contributed by atoms with van der Waals surface area (Å²) in [5.41, 5.74) is 5.10. The summed E-state index contributed by atoms with van der Waals surface area (Å²) < 4.78 is 0.843. The molecule has 2 aliphatic rings. The minimum Gasteiger partial charge on any atom is -0.321 e. The Bertz CT molecular complexity index is 1030. The van der Waals surface area contributed by atoms with E-state index >= 15 is 0 Å². The van der Waals surface area contributed by atoms with Crippen molar-refractivity contribution in [3.63, 3.8) is 0 Å². The van der Waals surface area contributed by atoms with E-state index in [1.165, 1.54) is 0 Å². The van der Waals surface area contributed by atoms with Crippen molar-refractivity contribution in [2.24, 2.45) is 0 Å². The molecule has 4 nitrogen and oxygen atoms in total. The third kappa shape index (κ3) is 3.00. The van der Waals surface area contributed by atoms with Crippen LogP contribution in [-0.2, 0) is 9.59 Å². The molecule has 0 atom stereocenters. The van der Waals surface area contributed by atoms with Crippen LogP contribution in [0.15, 0.2) is 64.1 Å². The van der Waals surface area contributed by atoms with Gasteiger partial charge in [-0.15, -0.1) is 0 Å². The molecular formula is C23H21BrN2O2. The van der Waals surface area contributed by atoms with Gasteiger partial charge in [0.1, 0.15) is 0 Å². The maximum atomic E-state index is 13.4. The lowest BCUT2D eigenvalue weighted by molar-refractivity contribution is -0.123. The van der Waals surface area contributed by atoms with Crippen molar-refractivity contribution >= 4 is 39.1 Å². The van der Waals surface area contributed by atoms with Crippen LogP contribution in [0, 0.1) is 6.92 Å². The molecule has 28 heavy (non-hydrogen) atoms. The molecule has 2 aliphatic heterocycles. The second-order valence-electron chi connectivity index (χ2n) is 7.08. The number of nitrogens with zero attached hydrogens (tertiary/aromatic N) is 1. The molecule has 0 unspecified atom stereocenters. The number of carbonyl (C=O) groups excluding carboxylic acids is 2. The highest BCUT2D eigenvalue weighted by Crippen LogP contribution is 2.43. The van der Waals surface area contributed by atoms with Crippen LogP contribution < -0.4 is 5.32 Å². The largest absolute Gasteiger partial charge is 0.321 e. The first-order chi connectivity index (χ1) is 13.5. The van der Waals surface area contributed by atoms with Gasteiger partial charge in [0.05, 0.1) is 22.5 Å². The van der Waals surface area contributed by atoms with E-state index in [9.17, 15) is 9.59 Å². The van der Waals surface area contributed by atoms with Crippen molar-refractivity contribution in [1.82, 2.24) is 10.2 Å². The highest BCUT2D eigenvalue weighted by Gasteiger charge is 2.45. The maximum absolute atomic E-state index is 13.4. The fourth-order valence-electron chi connectivity index (χ4n) is 3.70. The molecule has 4 rings (SSSR count). The van der Waals surface area contributed by atoms with Gasteiger partial charge >= 0.3 is 0 Å². The normalized spacial score (nSPS) is 16.2. The molecule has 2 aromatic carbocycles. The molecule has 5 heteroatoms. The van der Waals surface area contributed by atoms with Crippen molar-refractivity contribution in [3.05, 3.63) is 80.8 Å². The predicted molar refractivity (Wildman–Crippen MR) is 114 cm³/mol. The summed E-state index contributed by atoms with van der Waals surface area (Å²) in [6, 6.07) is 15.6. The Hall–Kier alpha value is -2.66. The Morgan fingerprint density at radius 3 is 2.39 bits per heavy atom. The van der Waals surface area contributed by atoms with Gasteiger partial charge in [0.25, 0.3) is 11.8 Å². The third-order valence-electron chi connectivity index (χ3n) is 5.13. The lowest BCUT2D eigenvalue weighted by Gasteiger charge is -2.21. The fraction of sp³-hybridized carbons (Fsp3) is 0.217. The van der Waals surface area contributed by atoms with Crippen LogP contribution in [0.4, 0.5) is 0 Å². The Morgan fingerprint density at radius 2 is 1.71 bits per heavy atom. The standard InChI is InChI=1S/C23H21BrN2O2/c1-3-4-13-26-21(15-11-9-14(2)10-12-15)19-18(23(26)28)20(25-22(19)27)16-7-5-6-8-17(16)24/h5-12H,3-4,13H2,1-2H3,(H,25,27). The first-order valence-electron chi connectivity index (χ1n) is 9.47. The average molecular weight is 437 g/mol. The van der Waals surface area contributed by atoms with Crippen LogP contribution in [0.1, 0.15) is 36.5 Å². The summed E-state index contributed by atoms with van der Waals surface area (Å²) in [6.07, 6.45) is 1.86. The van der Waals surface area contributed by atoms with E-state index in [1.807, 2.05) is 55.5 Å². The van der Waals surface area contributed by atoms with E-state index in [0.717, 1.165) is 34.0 Å². The van der Waals surface area contributed by atoms with Crippen LogP contribution >= 0.6 is 15.9 Å². The Labute approximate surface area is 173 Å². The molecule has 0 aromatic heterocycles. The lowest BCUT2D eigenvalue weighted by Crippen LogP contribution is -2.28. The Balaban J connectivity index is 1.94. The summed E-state index contributed by atoms with van der Waals surface area (Å²) in [5, 5.41) is 2.94. The van der Waals surface area contributed by atoms with Crippen molar-refractivity contribution in [1.29, 1.82) is 0 Å². The molecule has 0 spiro atoms. The zero-order chi connectivity index (χ0) is 19.8. The number of hydrogen-bond acceptors (Lipinski definition) is 2. The van der Waals surface area contributed by atoms with E-state index < -0.39 is 0 Å². The van der Waals surface area contributed by atoms with Crippen LogP contribution in [0.5, 0.6) is 0 Å². The van der Waals surface area contributed by atoms with Gasteiger partial charge < -0.3 is 10.2 Å². The van der Waals surface area contributed by atoms with E-state index in [4.69, 9.17) is 0 Å². The van der Waals surface area contributed by atoms with E-state index in [0.29, 0.717) is 29.1 Å². The van der Waals surface area contributed by atoms with Gasteiger partial charge in [-0.05, 0) is 25.0 Å². The highest BCUT2D eigenvalue weighted by molar-refractivity contribution is 9.10. The number of fused-ring (bicyclic) bond motifs is 1. The summed E-state index contributed by atoms with van der Waals surface area (Å²) in [4.78, 5) is 28.1. The van der Waals surface area contributed by atoms with Gasteiger partial charge in [-0.25, -0.2) is 0 Å². The minimum absolute atomic E-state index is 0.108. The molecule has 2 amide bonds. The van der Waals surface area contributed by atoms with Crippen LogP contribution in [0.3, 0.4) is 0 Å². The number of nitrogens with one attached hydrogen (secondary N) is 1. The zero-order valence-electron chi connectivity index (χ0n) is 15.9. The molecule has 1 N–H and O–H groups in total. The molecule has 0 saturated heterocycles. The molecule has 0 radical (unpaired) electrons. The molecule has 0 aliphatic carbocycles. The first-order valence-corrected chi connectivity index (χ1v) is 10.3. The molecule has 2 heterocycles. The predicted octanol–water partition coefficient (Wildman–Crippen LogP) is 4.65. The van der Waals surface area contributed by atoms with Crippen molar-refractivity contribution in [3.8, 4) is 0 Å². The molecule has 0 fully saturated rings. The summed E-state index contributed by atoms with van der Waals surface area (Å²) in [5.74, 6) is -0.327. The average Bonchev–Trinajstić information content (AvgIpc) is 3.17. The number of aryl methyl sites for hydroxylation is 1. The third-order valence-corrected chi connectivity index (χ3v) is 5.83. The number of rotatable bonds is 5. The number of amides is 2. The molecule has 0 bridgehead atoms. The van der Waals surface area contributed by atoms with Gasteiger partial charge in [-0.2, -0.15) is 0 Å². The van der Waals surface area contributed by atoms with E-state index in [2.05, 4.69) is 28.2 Å². The Morgan fingerprint density at radius 1 is 1.00 bits per heavy atom. The van der Waals surface area contributed by atoms with Gasteiger partial charge in [0.15, 0.2) is 0 Å². The van der Waals surface area contributed by atoms with E-state index in [1.54, 1.807) is 4.90 Å². The summed E-state index contributed by atoms with van der Waals surface area (Å²) in [6.45, 7) is 4.72. The SMILES string of the molecule is CCCCN1C(=O)C2=C(c3ccccc3Br)NC(=O)C2=C1c1ccc(C)cc1. The second-order valence-corrected chi connectivity index (χ2v) is 7.94. The van der Waals surface area contributed by atoms with E-state index in [-0.39, 0.29) is 11.8 Å². The number of carbonyl (C=O) groups is 2. The number of halogens is 1. The fourth-order valence-corrected chi connectivity index (χ4v) is 4.18. The topological polar surface area (TPSA) is 49.4 Å². The van der Waals surface area contributed by atoms with Crippen molar-refractivity contribution in [2.75, 3.05) is 6.54 Å². The smallest absolute Gasteiger partial charge is 0.261 e. The van der Waals surface area contributed by atoms with Crippen LogP contribution in [0.25, 0.3) is 11.4 Å². The van der Waals surface area contributed by atoms with Gasteiger partial charge in [-0.3, -0.25) is 9.59 Å². The lowest BCUT2D eigenvalue weighted by atomic mass is 10.0. The van der Waals surface area contributed by atoms with Crippen LogP contribution in [-0.4, -0.2) is 23.3 Å². The van der Waals surface area contributed by atoms with Gasteiger partial charge in [0.2, 0.25) is 0 Å². The van der Waals surface area contributed by atoms with Crippen molar-refractivity contribution in [2.45, 2.75) is 26.7 Å². The highest BCUT2D eigenvalue weighted by atomic mass is 79.9. The first kappa shape index (κ1) is 18.7. The van der Waals surface area contributed by atoms with Gasteiger partial charge in [0, 0.05) is 16.6 Å². The van der Waals surface area contributed by atoms with Crippen LogP contribution in [0.2, 0.25) is 0 Å². The summed E-state index contributed by atoms with van der Waals surface area (Å²) in [7, 11) is 0. The summed E-state index contributed by atoms with van der Waals surface area (Å²) >= 11 is 3.54. The van der Waals surface area contributed by atoms with Gasteiger partial charge in [-0.1, -0.05) is 77.3 Å². The molecular weight excluding hydrogens is 416 g/mol. The maximum Gasteiger partial charge on any atom is 0.261 e. The molecule has 0 saturated carbocycles. The molecule has 2 aromatic rings. The minimum atomic E-state index is -0.219. The quantitative estimate of drug-likeness (QED) is 0.741. The number of benzene rings is 2.